The Morgan fingerprint density at radius 3 is 2.68 bits per heavy atom. The summed E-state index contributed by atoms with van der Waals surface area (Å²) in [7, 11) is 3.63. The maximum absolute atomic E-state index is 12.7. The van der Waals surface area contributed by atoms with E-state index >= 15 is 0 Å². The molecule has 8 nitrogen and oxygen atoms in total. The summed E-state index contributed by atoms with van der Waals surface area (Å²) in [5, 5.41) is 11.5. The quantitative estimate of drug-likeness (QED) is 0.355. The van der Waals surface area contributed by atoms with Crippen LogP contribution in [-0.4, -0.2) is 57.5 Å². The maximum Gasteiger partial charge on any atom is 0.243 e. The highest BCUT2D eigenvalue weighted by atomic mass is 19.3. The third-order valence-electron chi connectivity index (χ3n) is 7.84. The van der Waals surface area contributed by atoms with Gasteiger partial charge in [-0.25, -0.2) is 18.3 Å². The number of aliphatic imine (C=N–C) groups is 1. The summed E-state index contributed by atoms with van der Waals surface area (Å²) in [6, 6.07) is 6.20. The predicted octanol–water partition coefficient (Wildman–Crippen LogP) is 6.22. The maximum atomic E-state index is 12.7. The van der Waals surface area contributed by atoms with E-state index in [0.717, 1.165) is 59.6 Å². The molecule has 2 aliphatic rings. The van der Waals surface area contributed by atoms with Crippen LogP contribution in [0.3, 0.4) is 0 Å². The van der Waals surface area contributed by atoms with E-state index in [1.165, 1.54) is 0 Å². The normalized spacial score (nSPS) is 23.4. The van der Waals surface area contributed by atoms with Crippen LogP contribution in [0.25, 0.3) is 16.8 Å². The molecule has 1 unspecified atom stereocenters. The fraction of sp³-hybridized carbons (Fsp3) is 0.556. The lowest BCUT2D eigenvalue weighted by atomic mass is 9.83. The summed E-state index contributed by atoms with van der Waals surface area (Å²) in [4.78, 5) is 14.4. The second-order valence-electron chi connectivity index (χ2n) is 10.4. The Hall–Kier alpha value is -3.14. The number of aromatic nitrogens is 4. The first kappa shape index (κ1) is 25.5. The van der Waals surface area contributed by atoms with Gasteiger partial charge in [0.25, 0.3) is 0 Å². The third-order valence-corrected chi connectivity index (χ3v) is 7.84. The molecule has 0 saturated heterocycles. The van der Waals surface area contributed by atoms with Crippen molar-refractivity contribution in [1.29, 1.82) is 0 Å². The standard InChI is InChI=1S/C27H35F2N7O/c1-16-18(6-5-7-22(28)29)23-21(31-16)9-8-20(33-23)19-12-15-36-24(19)25(30-3)34-26(35-36)32-17-10-13-27(2,37-4)14-11-17/h8-9,12,15,17-18,22H,5-7,10-11,13-14H2,1-4H3,(H2,30,32,34,35). The lowest BCUT2D eigenvalue weighted by molar-refractivity contribution is -0.0253. The number of anilines is 2. The van der Waals surface area contributed by atoms with Crippen LogP contribution in [0.4, 0.5) is 26.2 Å². The van der Waals surface area contributed by atoms with Crippen LogP contribution in [0, 0.1) is 0 Å². The largest absolute Gasteiger partial charge is 0.379 e. The minimum absolute atomic E-state index is 0.0335. The fourth-order valence-electron chi connectivity index (χ4n) is 5.48. The first-order chi connectivity index (χ1) is 17.8. The first-order valence-corrected chi connectivity index (χ1v) is 13.0. The molecule has 4 heterocycles. The number of hydrogen-bond donors (Lipinski definition) is 2. The SMILES string of the molecule is CNc1nc(NC2CCC(C)(OC)CC2)nn2ccc(-c3ccc4c(n3)C(CCCC(F)F)C(C)=N4)c12. The Labute approximate surface area is 216 Å². The zero-order chi connectivity index (χ0) is 26.2. The molecule has 1 aliphatic carbocycles. The smallest absolute Gasteiger partial charge is 0.243 e. The van der Waals surface area contributed by atoms with E-state index in [2.05, 4.69) is 22.5 Å². The van der Waals surface area contributed by atoms with Crippen molar-refractivity contribution < 1.29 is 13.5 Å². The average Bonchev–Trinajstić information content (AvgIpc) is 3.45. The van der Waals surface area contributed by atoms with E-state index in [-0.39, 0.29) is 17.9 Å². The predicted molar refractivity (Wildman–Crippen MR) is 142 cm³/mol. The minimum atomic E-state index is -2.28. The van der Waals surface area contributed by atoms with Gasteiger partial charge in [-0.05, 0) is 70.6 Å². The van der Waals surface area contributed by atoms with Gasteiger partial charge in [0.2, 0.25) is 12.4 Å². The van der Waals surface area contributed by atoms with Crippen LogP contribution in [0.2, 0.25) is 0 Å². The van der Waals surface area contributed by atoms with Gasteiger partial charge in [-0.15, -0.1) is 5.10 Å². The molecular weight excluding hydrogens is 476 g/mol. The molecule has 0 bridgehead atoms. The van der Waals surface area contributed by atoms with E-state index in [4.69, 9.17) is 19.8 Å². The van der Waals surface area contributed by atoms with E-state index in [9.17, 15) is 8.78 Å². The lowest BCUT2D eigenvalue weighted by Crippen LogP contribution is -2.37. The van der Waals surface area contributed by atoms with E-state index in [1.807, 2.05) is 42.9 Å². The number of pyridine rings is 1. The van der Waals surface area contributed by atoms with Crippen molar-refractivity contribution in [1.82, 2.24) is 19.6 Å². The monoisotopic (exact) mass is 511 g/mol. The molecule has 0 aromatic carbocycles. The summed E-state index contributed by atoms with van der Waals surface area (Å²) in [6.45, 7) is 4.12. The number of halogens is 2. The average molecular weight is 512 g/mol. The van der Waals surface area contributed by atoms with Crippen molar-refractivity contribution in [2.24, 2.45) is 4.99 Å². The third kappa shape index (κ3) is 5.16. The molecule has 1 atom stereocenters. The van der Waals surface area contributed by atoms with Gasteiger partial charge in [0, 0.05) is 50.0 Å². The summed E-state index contributed by atoms with van der Waals surface area (Å²) >= 11 is 0. The number of nitrogens with zero attached hydrogens (tertiary/aromatic N) is 5. The van der Waals surface area contributed by atoms with Crippen LogP contribution in [0.15, 0.2) is 29.4 Å². The molecule has 2 N–H and O–H groups in total. The van der Waals surface area contributed by atoms with Crippen molar-refractivity contribution in [2.75, 3.05) is 24.8 Å². The Morgan fingerprint density at radius 2 is 1.97 bits per heavy atom. The number of rotatable bonds is 9. The van der Waals surface area contributed by atoms with Gasteiger partial charge in [0.05, 0.1) is 22.7 Å². The number of nitrogens with one attached hydrogen (secondary N) is 2. The van der Waals surface area contributed by atoms with Crippen LogP contribution >= 0.6 is 0 Å². The number of ether oxygens (including phenoxy) is 1. The van der Waals surface area contributed by atoms with Crippen molar-refractivity contribution in [3.8, 4) is 11.3 Å². The van der Waals surface area contributed by atoms with Gasteiger partial charge < -0.3 is 15.4 Å². The molecule has 5 rings (SSSR count). The summed E-state index contributed by atoms with van der Waals surface area (Å²) in [5.74, 6) is 1.25. The van der Waals surface area contributed by atoms with Gasteiger partial charge >= 0.3 is 0 Å². The number of hydrogen-bond acceptors (Lipinski definition) is 7. The first-order valence-electron chi connectivity index (χ1n) is 13.0. The molecule has 0 radical (unpaired) electrons. The Bertz CT molecular complexity index is 1300. The van der Waals surface area contributed by atoms with Gasteiger partial charge in [-0.3, -0.25) is 4.99 Å². The van der Waals surface area contributed by atoms with Crippen LogP contribution < -0.4 is 10.6 Å². The highest BCUT2D eigenvalue weighted by Gasteiger charge is 2.31. The van der Waals surface area contributed by atoms with E-state index < -0.39 is 6.43 Å². The summed E-state index contributed by atoms with van der Waals surface area (Å²) in [5.41, 5.74) is 5.08. The molecule has 0 amide bonds. The van der Waals surface area contributed by atoms with Crippen LogP contribution in [-0.2, 0) is 4.74 Å². The number of alkyl halides is 2. The molecule has 3 aromatic heterocycles. The number of fused-ring (bicyclic) bond motifs is 2. The van der Waals surface area contributed by atoms with Crippen molar-refractivity contribution in [3.63, 3.8) is 0 Å². The Morgan fingerprint density at radius 1 is 1.19 bits per heavy atom. The van der Waals surface area contributed by atoms with Crippen molar-refractivity contribution in [3.05, 3.63) is 30.1 Å². The zero-order valence-corrected chi connectivity index (χ0v) is 21.9. The molecule has 10 heteroatoms. The van der Waals surface area contributed by atoms with Gasteiger partial charge in [0.1, 0.15) is 5.52 Å². The van der Waals surface area contributed by atoms with E-state index in [0.29, 0.717) is 30.6 Å². The molecule has 0 spiro atoms. The molecular formula is C27H35F2N7O. The molecule has 1 aliphatic heterocycles. The number of methoxy groups -OCH3 is 1. The Kier molecular flexibility index (Phi) is 7.11. The summed E-state index contributed by atoms with van der Waals surface area (Å²) in [6.07, 6.45) is 4.56. The molecule has 1 fully saturated rings. The van der Waals surface area contributed by atoms with Crippen LogP contribution in [0.5, 0.6) is 0 Å². The minimum Gasteiger partial charge on any atom is -0.379 e. The van der Waals surface area contributed by atoms with Gasteiger partial charge in [-0.1, -0.05) is 0 Å². The highest BCUT2D eigenvalue weighted by Crippen LogP contribution is 2.40. The second kappa shape index (κ2) is 10.3. The zero-order valence-electron chi connectivity index (χ0n) is 21.9. The molecule has 198 valence electrons. The van der Waals surface area contributed by atoms with E-state index in [1.54, 1.807) is 7.11 Å². The van der Waals surface area contributed by atoms with Crippen LogP contribution in [0.1, 0.15) is 70.4 Å². The molecule has 37 heavy (non-hydrogen) atoms. The fourth-order valence-corrected chi connectivity index (χ4v) is 5.48. The Balaban J connectivity index is 1.40. The molecule has 1 saturated carbocycles. The topological polar surface area (TPSA) is 88.7 Å². The van der Waals surface area contributed by atoms with Crippen molar-refractivity contribution >= 4 is 28.7 Å². The van der Waals surface area contributed by atoms with Gasteiger partial charge in [-0.2, -0.15) is 4.98 Å². The van der Waals surface area contributed by atoms with Gasteiger partial charge in [0.15, 0.2) is 5.82 Å². The molecule has 3 aromatic rings. The lowest BCUT2D eigenvalue weighted by Gasteiger charge is -2.36. The van der Waals surface area contributed by atoms with Crippen molar-refractivity contribution in [2.45, 2.75) is 82.8 Å². The highest BCUT2D eigenvalue weighted by molar-refractivity contribution is 5.96. The summed E-state index contributed by atoms with van der Waals surface area (Å²) < 4.78 is 32.9. The second-order valence-corrected chi connectivity index (χ2v) is 10.4.